The molecule has 0 aromatic heterocycles. The Bertz CT molecular complexity index is 224. The van der Waals surface area contributed by atoms with Crippen molar-refractivity contribution < 1.29 is 14.7 Å². The van der Waals surface area contributed by atoms with Gasteiger partial charge in [0.25, 0.3) is 0 Å². The van der Waals surface area contributed by atoms with E-state index in [-0.39, 0.29) is 0 Å². The maximum Gasteiger partial charge on any atom is 0.326 e. The van der Waals surface area contributed by atoms with E-state index in [1.54, 1.807) is 0 Å². The van der Waals surface area contributed by atoms with Gasteiger partial charge in [0.05, 0.1) is 0 Å². The molecule has 1 unspecified atom stereocenters. The van der Waals surface area contributed by atoms with Crippen molar-refractivity contribution in [2.75, 3.05) is 7.05 Å². The molecule has 0 saturated heterocycles. The monoisotopic (exact) mass is 213 g/mol. The molecule has 1 atom stereocenters. The van der Waals surface area contributed by atoms with Gasteiger partial charge in [0, 0.05) is 7.05 Å². The number of hydrogen-bond acceptors (Lipinski definition) is 2. The number of hydrogen-bond donors (Lipinski definition) is 1. The molecule has 0 heterocycles. The van der Waals surface area contributed by atoms with Crippen LogP contribution in [0.1, 0.15) is 38.5 Å². The van der Waals surface area contributed by atoms with Gasteiger partial charge in [0.1, 0.15) is 6.04 Å². The van der Waals surface area contributed by atoms with Crippen LogP contribution in [0.5, 0.6) is 0 Å². The molecule has 1 aliphatic rings. The minimum Gasteiger partial charge on any atom is -0.480 e. The summed E-state index contributed by atoms with van der Waals surface area (Å²) in [5, 5.41) is 9.00. The van der Waals surface area contributed by atoms with Gasteiger partial charge in [-0.3, -0.25) is 4.79 Å². The smallest absolute Gasteiger partial charge is 0.326 e. The minimum absolute atomic E-state index is 0.474. The fourth-order valence-corrected chi connectivity index (χ4v) is 2.25. The lowest BCUT2D eigenvalue weighted by Crippen LogP contribution is -2.39. The molecule has 1 N–H and O–H groups in total. The van der Waals surface area contributed by atoms with E-state index in [1.165, 1.54) is 31.2 Å². The molecule has 1 aliphatic carbocycles. The summed E-state index contributed by atoms with van der Waals surface area (Å²) in [4.78, 5) is 22.8. The second kappa shape index (κ2) is 5.73. The van der Waals surface area contributed by atoms with E-state index in [0.29, 0.717) is 18.7 Å². The third-order valence-electron chi connectivity index (χ3n) is 3.22. The quantitative estimate of drug-likeness (QED) is 0.704. The molecule has 15 heavy (non-hydrogen) atoms. The van der Waals surface area contributed by atoms with Crippen molar-refractivity contribution in [3.05, 3.63) is 0 Å². The molecule has 0 aromatic carbocycles. The van der Waals surface area contributed by atoms with Crippen molar-refractivity contribution in [2.45, 2.75) is 44.6 Å². The number of rotatable bonds is 5. The zero-order valence-electron chi connectivity index (χ0n) is 9.19. The van der Waals surface area contributed by atoms with E-state index in [2.05, 4.69) is 0 Å². The molecule has 0 radical (unpaired) electrons. The van der Waals surface area contributed by atoms with Crippen molar-refractivity contribution in [3.8, 4) is 0 Å². The lowest BCUT2D eigenvalue weighted by Gasteiger charge is -2.27. The van der Waals surface area contributed by atoms with Crippen molar-refractivity contribution in [1.82, 2.24) is 4.90 Å². The Morgan fingerprint density at radius 2 is 2.07 bits per heavy atom. The van der Waals surface area contributed by atoms with E-state index in [4.69, 9.17) is 5.11 Å². The van der Waals surface area contributed by atoms with Crippen LogP contribution < -0.4 is 0 Å². The van der Waals surface area contributed by atoms with Crippen LogP contribution in [0.2, 0.25) is 0 Å². The summed E-state index contributed by atoms with van der Waals surface area (Å²) in [5.74, 6) is -0.419. The van der Waals surface area contributed by atoms with Gasteiger partial charge in [0.15, 0.2) is 0 Å². The van der Waals surface area contributed by atoms with Gasteiger partial charge in [0.2, 0.25) is 6.41 Å². The van der Waals surface area contributed by atoms with Crippen LogP contribution >= 0.6 is 0 Å². The normalized spacial score (nSPS) is 19.5. The molecule has 1 rings (SSSR count). The Morgan fingerprint density at radius 1 is 1.47 bits per heavy atom. The van der Waals surface area contributed by atoms with Gasteiger partial charge in [-0.05, 0) is 12.3 Å². The van der Waals surface area contributed by atoms with Gasteiger partial charge >= 0.3 is 5.97 Å². The van der Waals surface area contributed by atoms with Gasteiger partial charge in [-0.2, -0.15) is 0 Å². The van der Waals surface area contributed by atoms with E-state index < -0.39 is 12.0 Å². The zero-order valence-corrected chi connectivity index (χ0v) is 9.19. The van der Waals surface area contributed by atoms with Gasteiger partial charge < -0.3 is 10.0 Å². The zero-order chi connectivity index (χ0) is 11.3. The van der Waals surface area contributed by atoms with Crippen molar-refractivity contribution in [1.29, 1.82) is 0 Å². The van der Waals surface area contributed by atoms with Gasteiger partial charge in [-0.1, -0.05) is 32.1 Å². The third kappa shape index (κ3) is 3.53. The maximum absolute atomic E-state index is 11.0. The van der Waals surface area contributed by atoms with Crippen molar-refractivity contribution in [3.63, 3.8) is 0 Å². The van der Waals surface area contributed by atoms with Crippen LogP contribution in [0.4, 0.5) is 0 Å². The molecule has 0 bridgehead atoms. The fraction of sp³-hybridized carbons (Fsp3) is 0.818. The minimum atomic E-state index is -0.893. The molecule has 1 fully saturated rings. The lowest BCUT2D eigenvalue weighted by atomic mass is 9.84. The highest BCUT2D eigenvalue weighted by molar-refractivity contribution is 5.76. The standard InChI is InChI=1S/C11H19NO3/c1-12(8-13)10(11(14)15)7-9-5-3-2-4-6-9/h8-10H,2-7H2,1H3,(H,14,15). The van der Waals surface area contributed by atoms with Crippen LogP contribution in [-0.2, 0) is 9.59 Å². The molecule has 4 heteroatoms. The van der Waals surface area contributed by atoms with Crippen molar-refractivity contribution >= 4 is 12.4 Å². The Morgan fingerprint density at radius 3 is 2.53 bits per heavy atom. The Hall–Kier alpha value is -1.06. The molecular formula is C11H19NO3. The van der Waals surface area contributed by atoms with E-state index in [9.17, 15) is 9.59 Å². The summed E-state index contributed by atoms with van der Waals surface area (Å²) in [5.41, 5.74) is 0. The second-order valence-corrected chi connectivity index (χ2v) is 4.36. The third-order valence-corrected chi connectivity index (χ3v) is 3.22. The SMILES string of the molecule is CN(C=O)C(CC1CCCCC1)C(=O)O. The van der Waals surface area contributed by atoms with Crippen molar-refractivity contribution in [2.24, 2.45) is 5.92 Å². The fourth-order valence-electron chi connectivity index (χ4n) is 2.25. The number of amides is 1. The maximum atomic E-state index is 11.0. The topological polar surface area (TPSA) is 57.6 Å². The highest BCUT2D eigenvalue weighted by Crippen LogP contribution is 2.28. The second-order valence-electron chi connectivity index (χ2n) is 4.36. The van der Waals surface area contributed by atoms with Gasteiger partial charge in [-0.25, -0.2) is 4.79 Å². The first-order valence-corrected chi connectivity index (χ1v) is 5.55. The molecule has 4 nitrogen and oxygen atoms in total. The predicted molar refractivity (Wildman–Crippen MR) is 56.4 cm³/mol. The number of carbonyl (C=O) groups is 2. The molecule has 0 aliphatic heterocycles. The van der Waals surface area contributed by atoms with E-state index >= 15 is 0 Å². The number of carbonyl (C=O) groups excluding carboxylic acids is 1. The van der Waals surface area contributed by atoms with Crippen LogP contribution in [0, 0.1) is 5.92 Å². The molecule has 86 valence electrons. The van der Waals surface area contributed by atoms with Gasteiger partial charge in [-0.15, -0.1) is 0 Å². The number of aliphatic carboxylic acids is 1. The average Bonchev–Trinajstić information content (AvgIpc) is 2.26. The number of carboxylic acids is 1. The number of likely N-dealkylation sites (N-methyl/N-ethyl adjacent to an activating group) is 1. The summed E-state index contributed by atoms with van der Waals surface area (Å²) in [7, 11) is 1.54. The summed E-state index contributed by atoms with van der Waals surface area (Å²) in [6.07, 6.45) is 7.07. The predicted octanol–water partition coefficient (Wildman–Crippen LogP) is 1.50. The summed E-state index contributed by atoms with van der Waals surface area (Å²) < 4.78 is 0. The first-order valence-electron chi connectivity index (χ1n) is 5.55. The molecule has 1 saturated carbocycles. The van der Waals surface area contributed by atoms with E-state index in [1.807, 2.05) is 0 Å². The molecular weight excluding hydrogens is 194 g/mol. The highest BCUT2D eigenvalue weighted by atomic mass is 16.4. The number of nitrogens with zero attached hydrogens (tertiary/aromatic N) is 1. The van der Waals surface area contributed by atoms with Crippen LogP contribution in [0.25, 0.3) is 0 Å². The Labute approximate surface area is 90.3 Å². The average molecular weight is 213 g/mol. The molecule has 1 amide bonds. The Balaban J connectivity index is 2.49. The largest absolute Gasteiger partial charge is 0.480 e. The molecule has 0 aromatic rings. The first-order chi connectivity index (χ1) is 7.15. The molecule has 0 spiro atoms. The summed E-state index contributed by atoms with van der Waals surface area (Å²) in [6, 6.07) is -0.648. The van der Waals surface area contributed by atoms with Crippen LogP contribution in [-0.4, -0.2) is 35.5 Å². The highest BCUT2D eigenvalue weighted by Gasteiger charge is 2.26. The van der Waals surface area contributed by atoms with E-state index in [0.717, 1.165) is 12.8 Å². The number of carboxylic acid groups (broad SMARTS) is 1. The lowest BCUT2D eigenvalue weighted by molar-refractivity contribution is -0.146. The van der Waals surface area contributed by atoms with Crippen LogP contribution in [0.15, 0.2) is 0 Å². The summed E-state index contributed by atoms with van der Waals surface area (Å²) >= 11 is 0. The summed E-state index contributed by atoms with van der Waals surface area (Å²) in [6.45, 7) is 0. The first kappa shape index (κ1) is 12.0. The Kier molecular flexibility index (Phi) is 4.59. The van der Waals surface area contributed by atoms with Crippen LogP contribution in [0.3, 0.4) is 0 Å².